The summed E-state index contributed by atoms with van der Waals surface area (Å²) < 4.78 is 48.2. The Morgan fingerprint density at radius 2 is 1.85 bits per heavy atom. The molecule has 1 aliphatic heterocycles. The Balaban J connectivity index is 1.28. The fraction of sp³-hybridized carbons (Fsp3) is 0.625. The summed E-state index contributed by atoms with van der Waals surface area (Å²) in [6, 6.07) is 3.66. The minimum Gasteiger partial charge on any atom is -0.394 e. The molecule has 7 rings (SSSR count). The third kappa shape index (κ3) is 3.49. The molecule has 0 spiro atoms. The molecule has 10 heteroatoms. The molecule has 3 atom stereocenters. The van der Waals surface area contributed by atoms with Gasteiger partial charge in [0.2, 0.25) is 0 Å². The van der Waals surface area contributed by atoms with Crippen LogP contribution in [-0.2, 0) is 10.2 Å². The van der Waals surface area contributed by atoms with Crippen LogP contribution in [0, 0.1) is 11.8 Å². The minimum atomic E-state index is -4.20. The molecule has 0 amide bonds. The number of aromatic nitrogens is 3. The van der Waals surface area contributed by atoms with Gasteiger partial charge in [-0.2, -0.15) is 13.2 Å². The van der Waals surface area contributed by atoms with Crippen LogP contribution in [0.25, 0.3) is 0 Å². The monoisotopic (exact) mass is 475 g/mol. The van der Waals surface area contributed by atoms with E-state index in [4.69, 9.17) is 21.2 Å². The summed E-state index contributed by atoms with van der Waals surface area (Å²) in [6.07, 6.45) is 1.67. The highest BCUT2D eigenvalue weighted by Crippen LogP contribution is 2.66. The van der Waals surface area contributed by atoms with Crippen LogP contribution in [0.2, 0.25) is 0 Å². The van der Waals surface area contributed by atoms with Gasteiger partial charge in [0.15, 0.2) is 5.82 Å². The van der Waals surface area contributed by atoms with E-state index in [1.54, 1.807) is 16.7 Å². The summed E-state index contributed by atoms with van der Waals surface area (Å²) in [7, 11) is 0. The molecule has 2 bridgehead atoms. The van der Waals surface area contributed by atoms with Crippen molar-refractivity contribution in [3.63, 3.8) is 0 Å². The van der Waals surface area contributed by atoms with Crippen LogP contribution in [0.5, 0.6) is 0 Å². The van der Waals surface area contributed by atoms with E-state index in [9.17, 15) is 18.0 Å². The highest BCUT2D eigenvalue weighted by Gasteiger charge is 2.65. The average molecular weight is 476 g/mol. The zero-order valence-electron chi connectivity index (χ0n) is 18.7. The second-order valence-corrected chi connectivity index (χ2v) is 10.6. The lowest BCUT2D eigenvalue weighted by Gasteiger charge is -2.39. The Kier molecular flexibility index (Phi) is 4.79. The second kappa shape index (κ2) is 7.44. The van der Waals surface area contributed by atoms with Crippen molar-refractivity contribution in [1.29, 1.82) is 0 Å². The Hall–Kier alpha value is -2.62. The molecule has 7 nitrogen and oxygen atoms in total. The Bertz CT molecular complexity index is 1190. The molecule has 0 radical (unpaired) electrons. The van der Waals surface area contributed by atoms with Crippen molar-refractivity contribution in [2.75, 3.05) is 18.1 Å². The number of nitrogens with zero attached hydrogens (tertiary/aromatic N) is 3. The molecular formula is C24H28F3N5O2. The number of hydrogen-bond acceptors (Lipinski definition) is 6. The SMILES string of the molecule is Nc1nc([C@H]2CCO[C@@H](c3ccc(=O)n(C4CC4)c3)C2)nc(C23CC(C2)[C@H](C(F)(F)F)C3)c1N. The van der Waals surface area contributed by atoms with E-state index < -0.39 is 17.5 Å². The van der Waals surface area contributed by atoms with Crippen molar-refractivity contribution < 1.29 is 17.9 Å². The summed E-state index contributed by atoms with van der Waals surface area (Å²) >= 11 is 0. The van der Waals surface area contributed by atoms with E-state index in [0.717, 1.165) is 18.4 Å². The molecule has 0 aromatic carbocycles. The van der Waals surface area contributed by atoms with Gasteiger partial charge in [0.05, 0.1) is 23.4 Å². The van der Waals surface area contributed by atoms with Gasteiger partial charge < -0.3 is 20.8 Å². The smallest absolute Gasteiger partial charge is 0.392 e. The third-order valence-electron chi connectivity index (χ3n) is 8.32. The minimum absolute atomic E-state index is 0.00956. The van der Waals surface area contributed by atoms with E-state index in [1.165, 1.54) is 0 Å². The molecule has 1 saturated heterocycles. The molecule has 34 heavy (non-hydrogen) atoms. The lowest BCUT2D eigenvalue weighted by Crippen LogP contribution is -2.36. The number of fused-ring (bicyclic) bond motifs is 1. The molecule has 182 valence electrons. The molecule has 4 N–H and O–H groups in total. The number of ether oxygens (including phenoxy) is 1. The van der Waals surface area contributed by atoms with Crippen molar-refractivity contribution in [3.05, 3.63) is 45.8 Å². The predicted octanol–water partition coefficient (Wildman–Crippen LogP) is 4.00. The molecule has 4 aliphatic carbocycles. The van der Waals surface area contributed by atoms with Crippen LogP contribution < -0.4 is 17.0 Å². The number of hydrogen-bond donors (Lipinski definition) is 2. The summed E-state index contributed by atoms with van der Waals surface area (Å²) in [5, 5.41) is 0. The number of nitrogens with two attached hydrogens (primary N) is 2. The number of halogens is 3. The van der Waals surface area contributed by atoms with Crippen LogP contribution in [0.15, 0.2) is 23.1 Å². The van der Waals surface area contributed by atoms with Gasteiger partial charge in [-0.1, -0.05) is 0 Å². The van der Waals surface area contributed by atoms with Gasteiger partial charge in [0.1, 0.15) is 5.82 Å². The quantitative estimate of drug-likeness (QED) is 0.692. The van der Waals surface area contributed by atoms with Gasteiger partial charge in [-0.15, -0.1) is 0 Å². The maximum Gasteiger partial charge on any atom is 0.392 e. The molecule has 2 aromatic heterocycles. The maximum atomic E-state index is 13.5. The zero-order chi connectivity index (χ0) is 23.8. The van der Waals surface area contributed by atoms with Crippen LogP contribution in [-0.4, -0.2) is 27.3 Å². The fourth-order valence-electron chi connectivity index (χ4n) is 6.36. The van der Waals surface area contributed by atoms with E-state index in [-0.39, 0.29) is 47.5 Å². The van der Waals surface area contributed by atoms with Crippen LogP contribution in [0.1, 0.15) is 80.1 Å². The normalized spacial score (nSPS) is 33.0. The first-order valence-electron chi connectivity index (χ1n) is 12.0. The largest absolute Gasteiger partial charge is 0.394 e. The standard InChI is InChI=1S/C24H28F3N5O2/c25-24(26,27)16-10-23(8-14(16)9-23)20-19(28)21(29)31-22(30-20)12-5-6-34-17(7-12)13-1-4-18(33)32(11-13)15-2-3-15/h1,4,11-12,14-17H,2-3,5-10,28H2,(H2,29,30,31)/t12-,14?,16+,17+,23?/m0/s1. The van der Waals surface area contributed by atoms with Gasteiger partial charge in [-0.05, 0) is 62.5 Å². The highest BCUT2D eigenvalue weighted by molar-refractivity contribution is 5.64. The van der Waals surface area contributed by atoms with Crippen LogP contribution in [0.4, 0.5) is 24.7 Å². The Morgan fingerprint density at radius 1 is 1.09 bits per heavy atom. The lowest BCUT2D eigenvalue weighted by molar-refractivity contribution is -0.180. The number of alkyl halides is 3. The van der Waals surface area contributed by atoms with Crippen molar-refractivity contribution in [2.24, 2.45) is 11.8 Å². The van der Waals surface area contributed by atoms with E-state index in [2.05, 4.69) is 4.98 Å². The van der Waals surface area contributed by atoms with Crippen LogP contribution in [0.3, 0.4) is 0 Å². The van der Waals surface area contributed by atoms with Crippen molar-refractivity contribution in [1.82, 2.24) is 14.5 Å². The molecule has 4 saturated carbocycles. The Labute approximate surface area is 194 Å². The lowest BCUT2D eigenvalue weighted by atomic mass is 9.66. The highest BCUT2D eigenvalue weighted by atomic mass is 19.4. The molecule has 3 heterocycles. The number of pyridine rings is 1. The number of anilines is 2. The second-order valence-electron chi connectivity index (χ2n) is 10.6. The van der Waals surface area contributed by atoms with Crippen molar-refractivity contribution in [3.8, 4) is 0 Å². The fourth-order valence-corrected chi connectivity index (χ4v) is 6.36. The molecule has 0 unspecified atom stereocenters. The number of nitrogen functional groups attached to an aromatic ring is 2. The summed E-state index contributed by atoms with van der Waals surface area (Å²) in [6.45, 7) is 0.490. The van der Waals surface area contributed by atoms with Crippen molar-refractivity contribution in [2.45, 2.75) is 74.6 Å². The maximum absolute atomic E-state index is 13.5. The third-order valence-corrected chi connectivity index (χ3v) is 8.32. The first-order valence-corrected chi connectivity index (χ1v) is 12.0. The van der Waals surface area contributed by atoms with Gasteiger partial charge in [0, 0.05) is 36.2 Å². The molecular weight excluding hydrogens is 447 g/mol. The zero-order valence-corrected chi connectivity index (χ0v) is 18.7. The van der Waals surface area contributed by atoms with Gasteiger partial charge in [-0.3, -0.25) is 4.79 Å². The van der Waals surface area contributed by atoms with Gasteiger partial charge >= 0.3 is 6.18 Å². The number of rotatable bonds is 4. The van der Waals surface area contributed by atoms with E-state index in [0.29, 0.717) is 43.8 Å². The summed E-state index contributed by atoms with van der Waals surface area (Å²) in [5.41, 5.74) is 13.3. The topological polar surface area (TPSA) is 109 Å². The van der Waals surface area contributed by atoms with E-state index >= 15 is 0 Å². The Morgan fingerprint density at radius 3 is 2.53 bits per heavy atom. The van der Waals surface area contributed by atoms with Crippen LogP contribution >= 0.6 is 0 Å². The van der Waals surface area contributed by atoms with E-state index in [1.807, 2.05) is 6.20 Å². The first kappa shape index (κ1) is 21.9. The van der Waals surface area contributed by atoms with Crippen molar-refractivity contribution >= 4 is 11.5 Å². The van der Waals surface area contributed by atoms with Gasteiger partial charge in [-0.25, -0.2) is 9.97 Å². The average Bonchev–Trinajstić information content (AvgIpc) is 3.44. The molecule has 5 aliphatic rings. The predicted molar refractivity (Wildman–Crippen MR) is 119 cm³/mol. The molecule has 2 aromatic rings. The van der Waals surface area contributed by atoms with Gasteiger partial charge in [0.25, 0.3) is 5.56 Å². The first-order chi connectivity index (χ1) is 16.1. The summed E-state index contributed by atoms with van der Waals surface area (Å²) in [4.78, 5) is 21.4. The molecule has 5 fully saturated rings. The summed E-state index contributed by atoms with van der Waals surface area (Å²) in [5.74, 6) is -1.07.